The van der Waals surface area contributed by atoms with Crippen LogP contribution in [0.3, 0.4) is 0 Å². The Balaban J connectivity index is 1.85. The zero-order valence-corrected chi connectivity index (χ0v) is 15.0. The van der Waals surface area contributed by atoms with E-state index in [4.69, 9.17) is 0 Å². The Kier molecular flexibility index (Phi) is 7.30. The minimum Gasteiger partial charge on any atom is -0.355 e. The van der Waals surface area contributed by atoms with Crippen LogP contribution in [0.4, 0.5) is 0 Å². The normalized spacial score (nSPS) is 26.8. The molecule has 2 fully saturated rings. The number of sulfonamides is 1. The molecule has 2 saturated heterocycles. The number of hydrogen-bond donors (Lipinski definition) is 2. The molecule has 2 aliphatic heterocycles. The van der Waals surface area contributed by atoms with Crippen molar-refractivity contribution in [2.45, 2.75) is 57.9 Å². The van der Waals surface area contributed by atoms with Crippen LogP contribution in [0.5, 0.6) is 0 Å². The van der Waals surface area contributed by atoms with Gasteiger partial charge >= 0.3 is 0 Å². The van der Waals surface area contributed by atoms with Gasteiger partial charge in [-0.05, 0) is 57.5 Å². The molecular formula is C16H31N3O3S. The fourth-order valence-corrected chi connectivity index (χ4v) is 5.31. The van der Waals surface area contributed by atoms with Gasteiger partial charge in [0, 0.05) is 13.1 Å². The van der Waals surface area contributed by atoms with Crippen LogP contribution in [0.1, 0.15) is 51.9 Å². The van der Waals surface area contributed by atoms with E-state index in [0.717, 1.165) is 32.4 Å². The van der Waals surface area contributed by atoms with E-state index in [1.165, 1.54) is 17.1 Å². The Morgan fingerprint density at radius 3 is 2.78 bits per heavy atom. The van der Waals surface area contributed by atoms with Gasteiger partial charge in [-0.15, -0.1) is 0 Å². The lowest BCUT2D eigenvalue weighted by atomic mass is 9.96. The van der Waals surface area contributed by atoms with Crippen molar-refractivity contribution < 1.29 is 13.2 Å². The van der Waals surface area contributed by atoms with Crippen LogP contribution in [0.25, 0.3) is 0 Å². The van der Waals surface area contributed by atoms with Gasteiger partial charge in [0.1, 0.15) is 6.04 Å². The molecule has 2 N–H and O–H groups in total. The van der Waals surface area contributed by atoms with Crippen molar-refractivity contribution in [2.24, 2.45) is 5.92 Å². The third kappa shape index (κ3) is 5.43. The molecule has 0 saturated carbocycles. The Hall–Kier alpha value is -0.660. The summed E-state index contributed by atoms with van der Waals surface area (Å²) in [6, 6.07) is -0.509. The standard InChI is InChI=1S/C16H31N3O3S/c1-2-12-23(21,22)19-11-4-3-7-15(19)16(20)18-10-8-14-6-5-9-17-13-14/h14-15,17H,2-13H2,1H3,(H,18,20). The van der Waals surface area contributed by atoms with E-state index >= 15 is 0 Å². The summed E-state index contributed by atoms with van der Waals surface area (Å²) < 4.78 is 26.2. The molecule has 0 aromatic carbocycles. The van der Waals surface area contributed by atoms with E-state index in [2.05, 4.69) is 10.6 Å². The predicted octanol–water partition coefficient (Wildman–Crippen LogP) is 1.09. The van der Waals surface area contributed by atoms with Crippen LogP contribution >= 0.6 is 0 Å². The van der Waals surface area contributed by atoms with E-state index in [1.807, 2.05) is 6.92 Å². The molecule has 2 atom stereocenters. The van der Waals surface area contributed by atoms with Crippen LogP contribution in [-0.2, 0) is 14.8 Å². The number of carbonyl (C=O) groups excluding carboxylic acids is 1. The molecule has 23 heavy (non-hydrogen) atoms. The smallest absolute Gasteiger partial charge is 0.238 e. The number of nitrogens with one attached hydrogen (secondary N) is 2. The SMILES string of the molecule is CCCS(=O)(=O)N1CCCCC1C(=O)NCCC1CCCNC1. The molecule has 7 heteroatoms. The second-order valence-electron chi connectivity index (χ2n) is 6.73. The van der Waals surface area contributed by atoms with Crippen LogP contribution < -0.4 is 10.6 Å². The quantitative estimate of drug-likeness (QED) is 0.724. The van der Waals surface area contributed by atoms with Crippen molar-refractivity contribution in [1.82, 2.24) is 14.9 Å². The molecule has 0 aromatic rings. The Labute approximate surface area is 140 Å². The second kappa shape index (κ2) is 8.99. The lowest BCUT2D eigenvalue weighted by Gasteiger charge is -2.33. The van der Waals surface area contributed by atoms with Crippen LogP contribution in [0.2, 0.25) is 0 Å². The van der Waals surface area contributed by atoms with Crippen molar-refractivity contribution in [1.29, 1.82) is 0 Å². The first-order valence-corrected chi connectivity index (χ1v) is 10.6. The summed E-state index contributed by atoms with van der Waals surface area (Å²) in [4.78, 5) is 12.5. The molecule has 2 rings (SSSR count). The predicted molar refractivity (Wildman–Crippen MR) is 91.6 cm³/mol. The Morgan fingerprint density at radius 1 is 1.26 bits per heavy atom. The lowest BCUT2D eigenvalue weighted by Crippen LogP contribution is -2.52. The van der Waals surface area contributed by atoms with Crippen molar-refractivity contribution in [3.05, 3.63) is 0 Å². The van der Waals surface area contributed by atoms with Gasteiger partial charge in [0.25, 0.3) is 0 Å². The highest BCUT2D eigenvalue weighted by atomic mass is 32.2. The molecule has 0 spiro atoms. The molecule has 0 radical (unpaired) electrons. The summed E-state index contributed by atoms with van der Waals surface area (Å²) in [7, 11) is -3.31. The van der Waals surface area contributed by atoms with Gasteiger partial charge in [-0.3, -0.25) is 4.79 Å². The number of nitrogens with zero attached hydrogens (tertiary/aromatic N) is 1. The van der Waals surface area contributed by atoms with E-state index < -0.39 is 16.1 Å². The fraction of sp³-hybridized carbons (Fsp3) is 0.938. The molecule has 0 bridgehead atoms. The van der Waals surface area contributed by atoms with Gasteiger partial charge in [-0.1, -0.05) is 13.3 Å². The first kappa shape index (κ1) is 18.7. The van der Waals surface area contributed by atoms with Crippen molar-refractivity contribution in [2.75, 3.05) is 31.9 Å². The van der Waals surface area contributed by atoms with Crippen LogP contribution in [-0.4, -0.2) is 56.6 Å². The van der Waals surface area contributed by atoms with Gasteiger partial charge in [0.2, 0.25) is 15.9 Å². The number of piperidine rings is 2. The summed E-state index contributed by atoms with van der Waals surface area (Å²) in [5, 5.41) is 6.35. The Morgan fingerprint density at radius 2 is 2.09 bits per heavy atom. The van der Waals surface area contributed by atoms with E-state index in [-0.39, 0.29) is 11.7 Å². The van der Waals surface area contributed by atoms with Crippen molar-refractivity contribution >= 4 is 15.9 Å². The molecule has 2 unspecified atom stereocenters. The van der Waals surface area contributed by atoms with E-state index in [1.54, 1.807) is 0 Å². The first-order chi connectivity index (χ1) is 11.0. The summed E-state index contributed by atoms with van der Waals surface area (Å²) in [5.74, 6) is 0.633. The van der Waals surface area contributed by atoms with Gasteiger partial charge in [0.15, 0.2) is 0 Å². The summed E-state index contributed by atoms with van der Waals surface area (Å²) in [5.41, 5.74) is 0. The third-order valence-corrected chi connectivity index (χ3v) is 6.90. The maximum Gasteiger partial charge on any atom is 0.238 e. The van der Waals surface area contributed by atoms with Gasteiger partial charge in [0.05, 0.1) is 5.75 Å². The van der Waals surface area contributed by atoms with E-state index in [0.29, 0.717) is 31.8 Å². The summed E-state index contributed by atoms with van der Waals surface area (Å²) in [6.07, 6.45) is 6.37. The molecular weight excluding hydrogens is 314 g/mol. The maximum atomic E-state index is 12.5. The molecule has 0 aliphatic carbocycles. The molecule has 0 aromatic heterocycles. The maximum absolute atomic E-state index is 12.5. The number of rotatable bonds is 7. The second-order valence-corrected chi connectivity index (χ2v) is 8.77. The molecule has 6 nitrogen and oxygen atoms in total. The fourth-order valence-electron chi connectivity index (χ4n) is 3.56. The monoisotopic (exact) mass is 345 g/mol. The highest BCUT2D eigenvalue weighted by Crippen LogP contribution is 2.21. The topological polar surface area (TPSA) is 78.5 Å². The highest BCUT2D eigenvalue weighted by molar-refractivity contribution is 7.89. The van der Waals surface area contributed by atoms with Crippen molar-refractivity contribution in [3.8, 4) is 0 Å². The minimum absolute atomic E-state index is 0.117. The largest absolute Gasteiger partial charge is 0.355 e. The molecule has 1 amide bonds. The van der Waals surface area contributed by atoms with Gasteiger partial charge < -0.3 is 10.6 Å². The number of amides is 1. The average Bonchev–Trinajstić information content (AvgIpc) is 2.56. The zero-order valence-electron chi connectivity index (χ0n) is 14.2. The molecule has 134 valence electrons. The van der Waals surface area contributed by atoms with Gasteiger partial charge in [-0.25, -0.2) is 8.42 Å². The Bertz CT molecular complexity index is 475. The first-order valence-electron chi connectivity index (χ1n) is 9.02. The lowest BCUT2D eigenvalue weighted by molar-refractivity contribution is -0.125. The zero-order chi connectivity index (χ0) is 16.7. The average molecular weight is 346 g/mol. The number of hydrogen-bond acceptors (Lipinski definition) is 4. The molecule has 2 aliphatic rings. The molecule has 2 heterocycles. The van der Waals surface area contributed by atoms with E-state index in [9.17, 15) is 13.2 Å². The van der Waals surface area contributed by atoms with Gasteiger partial charge in [-0.2, -0.15) is 4.31 Å². The van der Waals surface area contributed by atoms with Crippen LogP contribution in [0, 0.1) is 5.92 Å². The van der Waals surface area contributed by atoms with Crippen LogP contribution in [0.15, 0.2) is 0 Å². The minimum atomic E-state index is -3.31. The van der Waals surface area contributed by atoms with Crippen molar-refractivity contribution in [3.63, 3.8) is 0 Å². The third-order valence-electron chi connectivity index (χ3n) is 4.83. The summed E-state index contributed by atoms with van der Waals surface area (Å²) >= 11 is 0. The number of carbonyl (C=O) groups is 1. The summed E-state index contributed by atoms with van der Waals surface area (Å²) in [6.45, 7) is 5.09. The highest BCUT2D eigenvalue weighted by Gasteiger charge is 2.35.